The van der Waals surface area contributed by atoms with Gasteiger partial charge < -0.3 is 5.11 Å². The van der Waals surface area contributed by atoms with Crippen LogP contribution in [0.2, 0.25) is 0 Å². The van der Waals surface area contributed by atoms with E-state index in [-0.39, 0.29) is 12.6 Å². The van der Waals surface area contributed by atoms with E-state index in [9.17, 15) is 8.42 Å². The summed E-state index contributed by atoms with van der Waals surface area (Å²) in [5.74, 6) is 0. The monoisotopic (exact) mass is 277 g/mol. The standard InChI is InChI=1S/C11H19NO3S2/c1-4-9(3)12(5-2)17(14,15)11-7-6-10(8-13)16-11/h6-7,9,13H,4-5,8H2,1-3H3. The topological polar surface area (TPSA) is 57.6 Å². The number of sulfonamides is 1. The second-order valence-corrected chi connectivity index (χ2v) is 7.13. The minimum absolute atomic E-state index is 0.00956. The summed E-state index contributed by atoms with van der Waals surface area (Å²) in [7, 11) is -3.41. The van der Waals surface area contributed by atoms with Gasteiger partial charge in [0, 0.05) is 17.5 Å². The lowest BCUT2D eigenvalue weighted by atomic mass is 10.3. The van der Waals surface area contributed by atoms with Gasteiger partial charge in [0.2, 0.25) is 0 Å². The Morgan fingerprint density at radius 3 is 2.47 bits per heavy atom. The molecule has 0 spiro atoms. The van der Waals surface area contributed by atoms with Crippen molar-refractivity contribution < 1.29 is 13.5 Å². The van der Waals surface area contributed by atoms with Gasteiger partial charge in [-0.05, 0) is 25.5 Å². The summed E-state index contributed by atoms with van der Waals surface area (Å²) in [6.07, 6.45) is 0.783. The average Bonchev–Trinajstić information content (AvgIpc) is 2.78. The zero-order valence-electron chi connectivity index (χ0n) is 10.4. The van der Waals surface area contributed by atoms with Gasteiger partial charge in [0.25, 0.3) is 10.0 Å². The van der Waals surface area contributed by atoms with Crippen molar-refractivity contribution in [1.82, 2.24) is 4.31 Å². The quantitative estimate of drug-likeness (QED) is 0.866. The second-order valence-electron chi connectivity index (χ2n) is 3.84. The Balaban J connectivity index is 3.08. The molecule has 4 nitrogen and oxygen atoms in total. The summed E-state index contributed by atoms with van der Waals surface area (Å²) in [5, 5.41) is 8.97. The van der Waals surface area contributed by atoms with E-state index in [0.29, 0.717) is 15.6 Å². The molecular weight excluding hydrogens is 258 g/mol. The molecule has 0 saturated carbocycles. The summed E-state index contributed by atoms with van der Waals surface area (Å²) in [4.78, 5) is 0.670. The maximum Gasteiger partial charge on any atom is 0.252 e. The molecule has 17 heavy (non-hydrogen) atoms. The first kappa shape index (κ1) is 14.6. The Labute approximate surface area is 107 Å². The highest BCUT2D eigenvalue weighted by Crippen LogP contribution is 2.26. The predicted octanol–water partition coefficient (Wildman–Crippen LogP) is 2.05. The molecule has 0 aliphatic heterocycles. The SMILES string of the molecule is CCC(C)N(CC)S(=O)(=O)c1ccc(CO)s1. The summed E-state index contributed by atoms with van der Waals surface area (Å²) >= 11 is 1.13. The van der Waals surface area contributed by atoms with Gasteiger partial charge in [0.1, 0.15) is 4.21 Å². The van der Waals surface area contributed by atoms with Gasteiger partial charge in [-0.3, -0.25) is 0 Å². The van der Waals surface area contributed by atoms with Crippen molar-refractivity contribution in [3.8, 4) is 0 Å². The number of thiophene rings is 1. The lowest BCUT2D eigenvalue weighted by Gasteiger charge is -2.25. The van der Waals surface area contributed by atoms with Gasteiger partial charge in [-0.1, -0.05) is 13.8 Å². The van der Waals surface area contributed by atoms with Crippen LogP contribution < -0.4 is 0 Å². The van der Waals surface area contributed by atoms with Gasteiger partial charge in [-0.25, -0.2) is 8.42 Å². The molecule has 98 valence electrons. The number of nitrogens with zero attached hydrogens (tertiary/aromatic N) is 1. The van der Waals surface area contributed by atoms with Gasteiger partial charge in [-0.15, -0.1) is 11.3 Å². The van der Waals surface area contributed by atoms with Crippen molar-refractivity contribution in [3.05, 3.63) is 17.0 Å². The Kier molecular flexibility index (Phi) is 5.12. The molecule has 1 N–H and O–H groups in total. The molecular formula is C11H19NO3S2. The van der Waals surface area contributed by atoms with Crippen LogP contribution in [-0.2, 0) is 16.6 Å². The lowest BCUT2D eigenvalue weighted by molar-refractivity contribution is 0.285. The highest BCUT2D eigenvalue weighted by molar-refractivity contribution is 7.91. The number of rotatable bonds is 6. The first-order valence-corrected chi connectivity index (χ1v) is 7.94. The number of hydrogen-bond acceptors (Lipinski definition) is 4. The molecule has 0 radical (unpaired) electrons. The van der Waals surface area contributed by atoms with Crippen molar-refractivity contribution in [2.45, 2.75) is 44.0 Å². The van der Waals surface area contributed by atoms with Crippen LogP contribution in [0.4, 0.5) is 0 Å². The molecule has 0 fully saturated rings. The number of hydrogen-bond donors (Lipinski definition) is 1. The van der Waals surface area contributed by atoms with E-state index in [4.69, 9.17) is 5.11 Å². The van der Waals surface area contributed by atoms with Gasteiger partial charge in [0.05, 0.1) is 6.61 Å². The third-order valence-electron chi connectivity index (χ3n) is 2.75. The van der Waals surface area contributed by atoms with Crippen LogP contribution in [0.5, 0.6) is 0 Å². The van der Waals surface area contributed by atoms with Crippen molar-refractivity contribution in [2.75, 3.05) is 6.54 Å². The summed E-state index contributed by atoms with van der Waals surface area (Å²) in [5.41, 5.74) is 0. The molecule has 0 saturated heterocycles. The van der Waals surface area contributed by atoms with E-state index in [1.807, 2.05) is 20.8 Å². The Bertz CT molecular complexity index is 453. The molecule has 1 aromatic heterocycles. The van der Waals surface area contributed by atoms with Crippen LogP contribution in [-0.4, -0.2) is 30.4 Å². The maximum atomic E-state index is 12.3. The van der Waals surface area contributed by atoms with E-state index in [1.165, 1.54) is 4.31 Å². The third kappa shape index (κ3) is 3.07. The van der Waals surface area contributed by atoms with E-state index < -0.39 is 10.0 Å². The molecule has 0 aliphatic rings. The average molecular weight is 277 g/mol. The fourth-order valence-electron chi connectivity index (χ4n) is 1.62. The molecule has 0 aromatic carbocycles. The molecule has 1 rings (SSSR count). The van der Waals surface area contributed by atoms with Crippen LogP contribution in [0, 0.1) is 0 Å². The molecule has 1 atom stereocenters. The van der Waals surface area contributed by atoms with E-state index >= 15 is 0 Å². The smallest absolute Gasteiger partial charge is 0.252 e. The first-order valence-electron chi connectivity index (χ1n) is 5.68. The van der Waals surface area contributed by atoms with Gasteiger partial charge >= 0.3 is 0 Å². The summed E-state index contributed by atoms with van der Waals surface area (Å²) in [6.45, 7) is 6.06. The second kappa shape index (κ2) is 5.95. The van der Waals surface area contributed by atoms with Crippen LogP contribution in [0.3, 0.4) is 0 Å². The van der Waals surface area contributed by atoms with Crippen molar-refractivity contribution in [3.63, 3.8) is 0 Å². The number of aliphatic hydroxyl groups is 1. The highest BCUT2D eigenvalue weighted by Gasteiger charge is 2.28. The Morgan fingerprint density at radius 1 is 1.41 bits per heavy atom. The molecule has 1 aromatic rings. The number of aliphatic hydroxyl groups excluding tert-OH is 1. The maximum absolute atomic E-state index is 12.3. The van der Waals surface area contributed by atoms with Crippen molar-refractivity contribution in [2.24, 2.45) is 0 Å². The third-order valence-corrected chi connectivity index (χ3v) is 6.38. The normalized spacial score (nSPS) is 14.2. The molecule has 0 amide bonds. The van der Waals surface area contributed by atoms with Gasteiger partial charge in [-0.2, -0.15) is 4.31 Å². The first-order chi connectivity index (χ1) is 7.97. The largest absolute Gasteiger partial charge is 0.391 e. The zero-order valence-corrected chi connectivity index (χ0v) is 12.0. The Hall–Kier alpha value is -0.430. The van der Waals surface area contributed by atoms with E-state index in [0.717, 1.165) is 17.8 Å². The van der Waals surface area contributed by atoms with Crippen LogP contribution in [0.25, 0.3) is 0 Å². The zero-order chi connectivity index (χ0) is 13.1. The minimum atomic E-state index is -3.41. The lowest BCUT2D eigenvalue weighted by Crippen LogP contribution is -2.37. The molecule has 1 unspecified atom stereocenters. The predicted molar refractivity (Wildman–Crippen MR) is 69.6 cm³/mol. The summed E-state index contributed by atoms with van der Waals surface area (Å²) in [6, 6.07) is 3.21. The van der Waals surface area contributed by atoms with Crippen molar-refractivity contribution >= 4 is 21.4 Å². The molecule has 0 bridgehead atoms. The van der Waals surface area contributed by atoms with Gasteiger partial charge in [0.15, 0.2) is 0 Å². The fraction of sp³-hybridized carbons (Fsp3) is 0.636. The molecule has 1 heterocycles. The highest BCUT2D eigenvalue weighted by atomic mass is 32.2. The van der Waals surface area contributed by atoms with Crippen LogP contribution in [0.15, 0.2) is 16.3 Å². The van der Waals surface area contributed by atoms with Crippen molar-refractivity contribution in [1.29, 1.82) is 0 Å². The fourth-order valence-corrected chi connectivity index (χ4v) is 4.68. The van der Waals surface area contributed by atoms with E-state index in [1.54, 1.807) is 12.1 Å². The Morgan fingerprint density at radius 2 is 2.06 bits per heavy atom. The minimum Gasteiger partial charge on any atom is -0.391 e. The van der Waals surface area contributed by atoms with Crippen LogP contribution >= 0.6 is 11.3 Å². The van der Waals surface area contributed by atoms with Crippen LogP contribution in [0.1, 0.15) is 32.1 Å². The molecule has 0 aliphatic carbocycles. The summed E-state index contributed by atoms with van der Waals surface area (Å²) < 4.78 is 26.5. The van der Waals surface area contributed by atoms with E-state index in [2.05, 4.69) is 0 Å². The molecule has 6 heteroatoms.